The second-order valence-electron chi connectivity index (χ2n) is 5.90. The molecule has 1 atom stereocenters. The molecule has 0 aliphatic carbocycles. The lowest BCUT2D eigenvalue weighted by Gasteiger charge is -2.07. The van der Waals surface area contributed by atoms with Gasteiger partial charge >= 0.3 is 0 Å². The van der Waals surface area contributed by atoms with Crippen molar-refractivity contribution < 1.29 is 14.2 Å². The molecule has 2 rings (SSSR count). The van der Waals surface area contributed by atoms with Crippen LogP contribution < -0.4 is 4.74 Å². The highest BCUT2D eigenvalue weighted by atomic mass is 19.1. The number of benzene rings is 1. The number of ether oxygens (including phenoxy) is 1. The van der Waals surface area contributed by atoms with E-state index in [0.717, 1.165) is 24.8 Å². The van der Waals surface area contributed by atoms with Gasteiger partial charge in [0.05, 0.1) is 11.8 Å². The predicted molar refractivity (Wildman–Crippen MR) is 99.9 cm³/mol. The third-order valence-electron chi connectivity index (χ3n) is 3.67. The van der Waals surface area contributed by atoms with E-state index in [9.17, 15) is 9.50 Å². The molecule has 0 aliphatic rings. The van der Waals surface area contributed by atoms with Crippen molar-refractivity contribution in [3.05, 3.63) is 66.6 Å². The van der Waals surface area contributed by atoms with Gasteiger partial charge in [-0.05, 0) is 56.0 Å². The highest BCUT2D eigenvalue weighted by Crippen LogP contribution is 2.24. The van der Waals surface area contributed by atoms with Crippen molar-refractivity contribution >= 4 is 6.08 Å². The Balaban J connectivity index is 1.98. The first-order valence-electron chi connectivity index (χ1n) is 8.44. The average Bonchev–Trinajstić information content (AvgIpc) is 2.60. The smallest absolute Gasteiger partial charge is 0.165 e. The zero-order valence-electron chi connectivity index (χ0n) is 14.5. The maximum absolute atomic E-state index is 14.0. The summed E-state index contributed by atoms with van der Waals surface area (Å²) in [4.78, 5) is 4.39. The van der Waals surface area contributed by atoms with E-state index < -0.39 is 5.82 Å². The lowest BCUT2D eigenvalue weighted by molar-refractivity contribution is 0.182. The van der Waals surface area contributed by atoms with Crippen molar-refractivity contribution in [2.45, 2.75) is 32.3 Å². The number of hydrogen-bond donors (Lipinski definition) is 1. The number of pyridine rings is 1. The minimum atomic E-state index is -0.414. The number of halogens is 1. The minimum absolute atomic E-state index is 0.209. The van der Waals surface area contributed by atoms with Crippen LogP contribution in [0.1, 0.15) is 31.7 Å². The summed E-state index contributed by atoms with van der Waals surface area (Å²) in [6, 6.07) is 8.63. The van der Waals surface area contributed by atoms with Gasteiger partial charge in [0.15, 0.2) is 11.6 Å². The van der Waals surface area contributed by atoms with Gasteiger partial charge in [-0.3, -0.25) is 4.98 Å². The van der Waals surface area contributed by atoms with Crippen LogP contribution in [0.15, 0.2) is 55.3 Å². The quantitative estimate of drug-likeness (QED) is 0.514. The average molecular weight is 341 g/mol. The van der Waals surface area contributed by atoms with E-state index in [-0.39, 0.29) is 18.5 Å². The molecular weight excluding hydrogens is 317 g/mol. The van der Waals surface area contributed by atoms with E-state index in [1.54, 1.807) is 31.3 Å². The van der Waals surface area contributed by atoms with Crippen molar-refractivity contribution in [3.63, 3.8) is 0 Å². The molecule has 1 unspecified atom stereocenters. The largest absolute Gasteiger partial charge is 0.486 e. The third-order valence-corrected chi connectivity index (χ3v) is 3.67. The molecule has 3 nitrogen and oxygen atoms in total. The van der Waals surface area contributed by atoms with Crippen LogP contribution >= 0.6 is 0 Å². The van der Waals surface area contributed by atoms with Crippen LogP contribution in [-0.4, -0.2) is 22.8 Å². The number of aliphatic hydroxyl groups is 1. The van der Waals surface area contributed by atoms with E-state index in [4.69, 9.17) is 4.74 Å². The highest BCUT2D eigenvalue weighted by Gasteiger charge is 2.06. The molecule has 4 heteroatoms. The van der Waals surface area contributed by atoms with Crippen LogP contribution in [0, 0.1) is 5.82 Å². The first-order chi connectivity index (χ1) is 12.1. The van der Waals surface area contributed by atoms with Crippen LogP contribution in [0.4, 0.5) is 4.39 Å². The Bertz CT molecular complexity index is 708. The first kappa shape index (κ1) is 18.9. The molecule has 0 fully saturated rings. The number of hydrogen-bond acceptors (Lipinski definition) is 3. The summed E-state index contributed by atoms with van der Waals surface area (Å²) in [5.74, 6) is -0.205. The van der Waals surface area contributed by atoms with E-state index in [0.29, 0.717) is 11.3 Å². The van der Waals surface area contributed by atoms with Crippen molar-refractivity contribution in [1.29, 1.82) is 0 Å². The third kappa shape index (κ3) is 6.16. The fraction of sp³-hybridized carbons (Fsp3) is 0.286. The number of aliphatic hydroxyl groups excluding tert-OH is 1. The van der Waals surface area contributed by atoms with Gasteiger partial charge in [-0.1, -0.05) is 30.9 Å². The molecule has 0 spiro atoms. The molecule has 1 aromatic heterocycles. The summed E-state index contributed by atoms with van der Waals surface area (Å²) >= 11 is 0. The molecule has 0 saturated heterocycles. The Hall–Kier alpha value is -2.46. The zero-order valence-corrected chi connectivity index (χ0v) is 14.5. The maximum Gasteiger partial charge on any atom is 0.165 e. The molecule has 0 amide bonds. The van der Waals surface area contributed by atoms with Crippen molar-refractivity contribution in [2.75, 3.05) is 6.61 Å². The molecular formula is C21H24FNO2. The monoisotopic (exact) mass is 341 g/mol. The molecule has 2 aromatic rings. The van der Waals surface area contributed by atoms with Crippen molar-refractivity contribution in [1.82, 2.24) is 4.98 Å². The van der Waals surface area contributed by atoms with Crippen LogP contribution in [0.25, 0.3) is 17.3 Å². The van der Waals surface area contributed by atoms with Crippen molar-refractivity contribution in [2.24, 2.45) is 0 Å². The fourth-order valence-corrected chi connectivity index (χ4v) is 2.35. The summed E-state index contributed by atoms with van der Waals surface area (Å²) in [5, 5.41) is 9.21. The Morgan fingerprint density at radius 2 is 2.16 bits per heavy atom. The number of allylic oxidation sites excluding steroid dienone is 1. The Labute approximate surface area is 148 Å². The first-order valence-corrected chi connectivity index (χ1v) is 8.44. The van der Waals surface area contributed by atoms with E-state index in [1.807, 2.05) is 18.2 Å². The summed E-state index contributed by atoms with van der Waals surface area (Å²) in [6.07, 6.45) is 9.86. The molecule has 1 aromatic carbocycles. The van der Waals surface area contributed by atoms with Gasteiger partial charge in [0.25, 0.3) is 0 Å². The lowest BCUT2D eigenvalue weighted by atomic mass is 10.1. The Morgan fingerprint density at radius 3 is 2.80 bits per heavy atom. The number of rotatable bonds is 9. The molecule has 25 heavy (non-hydrogen) atoms. The van der Waals surface area contributed by atoms with Crippen LogP contribution in [0.3, 0.4) is 0 Å². The summed E-state index contributed by atoms with van der Waals surface area (Å²) in [7, 11) is 0. The van der Waals surface area contributed by atoms with Crippen LogP contribution in [0.2, 0.25) is 0 Å². The number of unbranched alkanes of at least 4 members (excludes halogenated alkanes) is 1. The molecule has 0 aliphatic heterocycles. The highest BCUT2D eigenvalue weighted by molar-refractivity contribution is 5.62. The molecule has 1 N–H and O–H groups in total. The SMILES string of the molecule is C=CCOc1ccc(-c2ccc(C=CCCCC(C)O)cn2)cc1F. The standard InChI is InChI=1S/C21H24FNO2/c1-3-13-25-21-12-10-18(14-19(21)22)20-11-9-17(15-23-20)8-6-4-5-7-16(2)24/h3,6,8-12,14-16,24H,1,4-5,7,13H2,2H3. The second-order valence-corrected chi connectivity index (χ2v) is 5.90. The Morgan fingerprint density at radius 1 is 1.32 bits per heavy atom. The van der Waals surface area contributed by atoms with E-state index >= 15 is 0 Å². The lowest BCUT2D eigenvalue weighted by Crippen LogP contribution is -1.97. The molecule has 0 bridgehead atoms. The Kier molecular flexibility index (Phi) is 7.36. The zero-order chi connectivity index (χ0) is 18.1. The van der Waals surface area contributed by atoms with Gasteiger partial charge in [0, 0.05) is 11.8 Å². The molecule has 0 saturated carbocycles. The van der Waals surface area contributed by atoms with Gasteiger partial charge in [-0.15, -0.1) is 0 Å². The van der Waals surface area contributed by atoms with Gasteiger partial charge in [-0.25, -0.2) is 4.39 Å². The molecule has 0 radical (unpaired) electrons. The van der Waals surface area contributed by atoms with Gasteiger partial charge in [-0.2, -0.15) is 0 Å². The van der Waals surface area contributed by atoms with Gasteiger partial charge in [0.1, 0.15) is 6.61 Å². The normalized spacial score (nSPS) is 12.3. The topological polar surface area (TPSA) is 42.4 Å². The van der Waals surface area contributed by atoms with Crippen molar-refractivity contribution in [3.8, 4) is 17.0 Å². The summed E-state index contributed by atoms with van der Waals surface area (Å²) in [5.41, 5.74) is 2.41. The second kappa shape index (κ2) is 9.74. The fourth-order valence-electron chi connectivity index (χ4n) is 2.35. The van der Waals surface area contributed by atoms with Crippen LogP contribution in [-0.2, 0) is 0 Å². The molecule has 132 valence electrons. The maximum atomic E-state index is 14.0. The minimum Gasteiger partial charge on any atom is -0.486 e. The van der Waals surface area contributed by atoms with E-state index in [1.165, 1.54) is 6.07 Å². The summed E-state index contributed by atoms with van der Waals surface area (Å²) < 4.78 is 19.3. The van der Waals surface area contributed by atoms with Gasteiger partial charge < -0.3 is 9.84 Å². The summed E-state index contributed by atoms with van der Waals surface area (Å²) in [6.45, 7) is 5.61. The number of aromatic nitrogens is 1. The van der Waals surface area contributed by atoms with Gasteiger partial charge in [0.2, 0.25) is 0 Å². The molecule has 1 heterocycles. The van der Waals surface area contributed by atoms with E-state index in [2.05, 4.69) is 17.6 Å². The predicted octanol–water partition coefficient (Wildman–Crippen LogP) is 5.02. The van der Waals surface area contributed by atoms with Crippen LogP contribution in [0.5, 0.6) is 5.75 Å². The number of nitrogens with zero attached hydrogens (tertiary/aromatic N) is 1.